The van der Waals surface area contributed by atoms with Crippen LogP contribution >= 0.6 is 0 Å². The molecule has 2 rings (SSSR count). The molecule has 0 spiro atoms. The first-order valence-corrected chi connectivity index (χ1v) is 5.40. The highest BCUT2D eigenvalue weighted by Gasteiger charge is 2.13. The maximum atomic E-state index is 12.6. The molecule has 1 heterocycles. The van der Waals surface area contributed by atoms with Crippen molar-refractivity contribution in [2.75, 3.05) is 13.2 Å². The van der Waals surface area contributed by atoms with Gasteiger partial charge in [0.05, 0.1) is 13.2 Å². The maximum absolute atomic E-state index is 12.6. The molecule has 1 saturated heterocycles. The zero-order valence-electron chi connectivity index (χ0n) is 8.71. The summed E-state index contributed by atoms with van der Waals surface area (Å²) in [5.74, 6) is -0.198. The molecule has 1 N–H and O–H groups in total. The fourth-order valence-electron chi connectivity index (χ4n) is 1.80. The van der Waals surface area contributed by atoms with E-state index < -0.39 is 0 Å². The monoisotopic (exact) mass is 209 g/mol. The molecule has 3 heteroatoms. The van der Waals surface area contributed by atoms with Crippen LogP contribution in [0.2, 0.25) is 0 Å². The smallest absolute Gasteiger partial charge is 0.123 e. The van der Waals surface area contributed by atoms with Gasteiger partial charge < -0.3 is 10.1 Å². The molecule has 1 aromatic rings. The van der Waals surface area contributed by atoms with Gasteiger partial charge in [0.15, 0.2) is 0 Å². The Labute approximate surface area is 89.4 Å². The Bertz CT molecular complexity index is 293. The van der Waals surface area contributed by atoms with Crippen molar-refractivity contribution in [2.24, 2.45) is 0 Å². The van der Waals surface area contributed by atoms with E-state index in [1.807, 2.05) is 0 Å². The van der Waals surface area contributed by atoms with Gasteiger partial charge in [-0.25, -0.2) is 4.39 Å². The van der Waals surface area contributed by atoms with E-state index in [9.17, 15) is 4.39 Å². The van der Waals surface area contributed by atoms with Crippen LogP contribution in [0.3, 0.4) is 0 Å². The van der Waals surface area contributed by atoms with Crippen molar-refractivity contribution in [3.05, 3.63) is 35.6 Å². The lowest BCUT2D eigenvalue weighted by Gasteiger charge is -2.10. The Hall–Kier alpha value is -0.930. The SMILES string of the molecule is Fc1ccc(COC[C@@H]2CCCN2)cc1. The highest BCUT2D eigenvalue weighted by molar-refractivity contribution is 5.14. The van der Waals surface area contributed by atoms with Gasteiger partial charge in [0.1, 0.15) is 5.82 Å². The molecule has 1 atom stereocenters. The number of benzene rings is 1. The predicted octanol–water partition coefficient (Wildman–Crippen LogP) is 2.09. The summed E-state index contributed by atoms with van der Waals surface area (Å²) in [5.41, 5.74) is 1.02. The van der Waals surface area contributed by atoms with E-state index in [1.54, 1.807) is 12.1 Å². The van der Waals surface area contributed by atoms with Crippen LogP contribution in [0.5, 0.6) is 0 Å². The van der Waals surface area contributed by atoms with Gasteiger partial charge >= 0.3 is 0 Å². The summed E-state index contributed by atoms with van der Waals surface area (Å²) in [7, 11) is 0. The number of halogens is 1. The van der Waals surface area contributed by atoms with E-state index in [0.29, 0.717) is 12.6 Å². The van der Waals surface area contributed by atoms with Crippen molar-refractivity contribution >= 4 is 0 Å². The Morgan fingerprint density at radius 2 is 2.13 bits per heavy atom. The molecule has 1 aliphatic heterocycles. The van der Waals surface area contributed by atoms with Crippen molar-refractivity contribution < 1.29 is 9.13 Å². The van der Waals surface area contributed by atoms with Crippen LogP contribution in [-0.4, -0.2) is 19.2 Å². The Morgan fingerprint density at radius 3 is 2.80 bits per heavy atom. The van der Waals surface area contributed by atoms with Crippen LogP contribution in [0.1, 0.15) is 18.4 Å². The third-order valence-corrected chi connectivity index (χ3v) is 2.66. The zero-order valence-corrected chi connectivity index (χ0v) is 8.71. The van der Waals surface area contributed by atoms with E-state index in [0.717, 1.165) is 18.7 Å². The molecule has 1 fully saturated rings. The van der Waals surface area contributed by atoms with Gasteiger partial charge in [0, 0.05) is 6.04 Å². The van der Waals surface area contributed by atoms with Crippen molar-refractivity contribution in [3.63, 3.8) is 0 Å². The fourth-order valence-corrected chi connectivity index (χ4v) is 1.80. The van der Waals surface area contributed by atoms with E-state index in [-0.39, 0.29) is 5.82 Å². The normalized spacial score (nSPS) is 20.7. The van der Waals surface area contributed by atoms with Crippen molar-refractivity contribution in [1.82, 2.24) is 5.32 Å². The molecular weight excluding hydrogens is 193 g/mol. The molecule has 82 valence electrons. The number of nitrogens with one attached hydrogen (secondary N) is 1. The van der Waals surface area contributed by atoms with Crippen LogP contribution in [0, 0.1) is 5.82 Å². The first kappa shape index (κ1) is 10.6. The van der Waals surface area contributed by atoms with Crippen LogP contribution < -0.4 is 5.32 Å². The Morgan fingerprint density at radius 1 is 1.33 bits per heavy atom. The third kappa shape index (κ3) is 3.29. The summed E-state index contributed by atoms with van der Waals surface area (Å²) < 4.78 is 18.2. The highest BCUT2D eigenvalue weighted by Crippen LogP contribution is 2.08. The largest absolute Gasteiger partial charge is 0.375 e. The highest BCUT2D eigenvalue weighted by atomic mass is 19.1. The lowest BCUT2D eigenvalue weighted by molar-refractivity contribution is 0.103. The van der Waals surface area contributed by atoms with E-state index in [2.05, 4.69) is 5.32 Å². The summed E-state index contributed by atoms with van der Waals surface area (Å²) in [6.07, 6.45) is 2.44. The number of ether oxygens (including phenoxy) is 1. The van der Waals surface area contributed by atoms with Gasteiger partial charge in [-0.3, -0.25) is 0 Å². The summed E-state index contributed by atoms with van der Waals surface area (Å²) in [6.45, 7) is 2.42. The average Bonchev–Trinajstić information content (AvgIpc) is 2.74. The number of hydrogen-bond acceptors (Lipinski definition) is 2. The molecule has 2 nitrogen and oxygen atoms in total. The summed E-state index contributed by atoms with van der Waals surface area (Å²) in [6, 6.07) is 6.96. The molecule has 0 aliphatic carbocycles. The third-order valence-electron chi connectivity index (χ3n) is 2.66. The second-order valence-corrected chi connectivity index (χ2v) is 3.93. The molecule has 15 heavy (non-hydrogen) atoms. The van der Waals surface area contributed by atoms with Gasteiger partial charge in [0.25, 0.3) is 0 Å². The molecule has 0 radical (unpaired) electrons. The summed E-state index contributed by atoms with van der Waals surface area (Å²) in [5, 5.41) is 3.37. The van der Waals surface area contributed by atoms with Crippen LogP contribution in [-0.2, 0) is 11.3 Å². The van der Waals surface area contributed by atoms with Gasteiger partial charge in [-0.05, 0) is 37.1 Å². The molecular formula is C12H16FNO. The molecule has 0 aromatic heterocycles. The molecule has 0 amide bonds. The van der Waals surface area contributed by atoms with Crippen molar-refractivity contribution in [3.8, 4) is 0 Å². The van der Waals surface area contributed by atoms with Crippen LogP contribution in [0.4, 0.5) is 4.39 Å². The lowest BCUT2D eigenvalue weighted by atomic mass is 10.2. The molecule has 0 bridgehead atoms. The zero-order chi connectivity index (χ0) is 10.5. The quantitative estimate of drug-likeness (QED) is 0.820. The summed E-state index contributed by atoms with van der Waals surface area (Å²) in [4.78, 5) is 0. The lowest BCUT2D eigenvalue weighted by Crippen LogP contribution is -2.26. The minimum Gasteiger partial charge on any atom is -0.375 e. The fraction of sp³-hybridized carbons (Fsp3) is 0.500. The molecule has 1 aliphatic rings. The molecule has 1 aromatic carbocycles. The molecule has 0 unspecified atom stereocenters. The van der Waals surface area contributed by atoms with Crippen molar-refractivity contribution in [1.29, 1.82) is 0 Å². The van der Waals surface area contributed by atoms with Crippen molar-refractivity contribution in [2.45, 2.75) is 25.5 Å². The van der Waals surface area contributed by atoms with E-state index in [4.69, 9.17) is 4.74 Å². The Balaban J connectivity index is 1.71. The van der Waals surface area contributed by atoms with E-state index in [1.165, 1.54) is 25.0 Å². The second kappa shape index (κ2) is 5.24. The Kier molecular flexibility index (Phi) is 3.69. The van der Waals surface area contributed by atoms with Gasteiger partial charge in [-0.2, -0.15) is 0 Å². The van der Waals surface area contributed by atoms with Gasteiger partial charge in [-0.15, -0.1) is 0 Å². The topological polar surface area (TPSA) is 21.3 Å². The molecule has 0 saturated carbocycles. The summed E-state index contributed by atoms with van der Waals surface area (Å²) >= 11 is 0. The van der Waals surface area contributed by atoms with Gasteiger partial charge in [-0.1, -0.05) is 12.1 Å². The maximum Gasteiger partial charge on any atom is 0.123 e. The van der Waals surface area contributed by atoms with E-state index >= 15 is 0 Å². The van der Waals surface area contributed by atoms with Crippen LogP contribution in [0.25, 0.3) is 0 Å². The van der Waals surface area contributed by atoms with Gasteiger partial charge in [0.2, 0.25) is 0 Å². The first-order chi connectivity index (χ1) is 7.34. The predicted molar refractivity (Wildman–Crippen MR) is 57.1 cm³/mol. The minimum atomic E-state index is -0.198. The minimum absolute atomic E-state index is 0.198. The van der Waals surface area contributed by atoms with Crippen LogP contribution in [0.15, 0.2) is 24.3 Å². The standard InChI is InChI=1S/C12H16FNO/c13-11-5-3-10(4-6-11)8-15-9-12-2-1-7-14-12/h3-6,12,14H,1-2,7-9H2/t12-/m0/s1. The second-order valence-electron chi connectivity index (χ2n) is 3.93. The number of hydrogen-bond donors (Lipinski definition) is 1. The first-order valence-electron chi connectivity index (χ1n) is 5.40. The average molecular weight is 209 g/mol. The number of rotatable bonds is 4.